The Kier molecular flexibility index (Phi) is 6.83. The Morgan fingerprint density at radius 3 is 2.57 bits per heavy atom. The molecule has 7 heteroatoms. The number of nitrogens with zero attached hydrogens (tertiary/aromatic N) is 3. The van der Waals surface area contributed by atoms with Crippen LogP contribution in [-0.4, -0.2) is 47.4 Å². The van der Waals surface area contributed by atoms with Gasteiger partial charge in [-0.2, -0.15) is 5.10 Å². The molecule has 1 aromatic heterocycles. The molecule has 0 bridgehead atoms. The molecule has 120 valence electrons. The normalized spacial score (nSPS) is 12.0. The van der Waals surface area contributed by atoms with Crippen LogP contribution in [0.15, 0.2) is 15.5 Å². The fraction of sp³-hybridized carbons (Fsp3) is 0.714. The summed E-state index contributed by atoms with van der Waals surface area (Å²) in [6.07, 6.45) is 3.43. The van der Waals surface area contributed by atoms with Gasteiger partial charge in [0.2, 0.25) is 0 Å². The van der Waals surface area contributed by atoms with E-state index in [1.807, 2.05) is 19.0 Å². The maximum atomic E-state index is 12.2. The van der Waals surface area contributed by atoms with E-state index in [1.54, 1.807) is 6.20 Å². The molecule has 0 saturated carbocycles. The summed E-state index contributed by atoms with van der Waals surface area (Å²) >= 11 is 3.36. The van der Waals surface area contributed by atoms with Gasteiger partial charge in [0.15, 0.2) is 0 Å². The van der Waals surface area contributed by atoms with Crippen molar-refractivity contribution in [2.75, 3.05) is 32.5 Å². The number of hydrogen-bond donors (Lipinski definition) is 2. The maximum absolute atomic E-state index is 12.2. The summed E-state index contributed by atoms with van der Waals surface area (Å²) in [5.41, 5.74) is 6.56. The van der Waals surface area contributed by atoms with Crippen molar-refractivity contribution in [2.45, 2.75) is 38.8 Å². The number of likely N-dealkylation sites (N-methyl/N-ethyl adjacent to an activating group) is 1. The van der Waals surface area contributed by atoms with Crippen LogP contribution in [0.3, 0.4) is 0 Å². The zero-order valence-corrected chi connectivity index (χ0v) is 14.9. The van der Waals surface area contributed by atoms with Crippen molar-refractivity contribution >= 4 is 21.6 Å². The first-order valence-electron chi connectivity index (χ1n) is 7.26. The Labute approximate surface area is 134 Å². The van der Waals surface area contributed by atoms with Crippen LogP contribution in [0.25, 0.3) is 0 Å². The Bertz CT molecular complexity index is 511. The van der Waals surface area contributed by atoms with Gasteiger partial charge < -0.3 is 16.0 Å². The van der Waals surface area contributed by atoms with Crippen LogP contribution in [0, 0.1) is 0 Å². The highest BCUT2D eigenvalue weighted by Crippen LogP contribution is 2.18. The van der Waals surface area contributed by atoms with Gasteiger partial charge in [0, 0.05) is 18.6 Å². The Morgan fingerprint density at radius 1 is 1.43 bits per heavy atom. The number of rotatable bonds is 8. The summed E-state index contributed by atoms with van der Waals surface area (Å²) in [5, 5.41) is 7.44. The molecule has 0 radical (unpaired) electrons. The third kappa shape index (κ3) is 5.09. The number of anilines is 1. The lowest BCUT2D eigenvalue weighted by Crippen LogP contribution is -2.45. The highest BCUT2D eigenvalue weighted by molar-refractivity contribution is 9.10. The SMILES string of the molecule is CCC(N)(CC)CNc1cnn(CCN(C)C)c(=O)c1Br. The molecule has 1 heterocycles. The average Bonchev–Trinajstić information content (AvgIpc) is 2.47. The van der Waals surface area contributed by atoms with Crippen LogP contribution >= 0.6 is 15.9 Å². The van der Waals surface area contributed by atoms with Crippen LogP contribution in [-0.2, 0) is 6.54 Å². The van der Waals surface area contributed by atoms with Crippen molar-refractivity contribution in [3.05, 3.63) is 21.0 Å². The molecule has 1 rings (SSSR count). The Balaban J connectivity index is 2.82. The van der Waals surface area contributed by atoms with Gasteiger partial charge in [-0.1, -0.05) is 13.8 Å². The minimum atomic E-state index is -0.265. The number of aromatic nitrogens is 2. The molecule has 0 aliphatic rings. The highest BCUT2D eigenvalue weighted by atomic mass is 79.9. The lowest BCUT2D eigenvalue weighted by atomic mass is 9.94. The molecular weight excluding hydrogens is 334 g/mol. The molecule has 0 aliphatic heterocycles. The fourth-order valence-electron chi connectivity index (χ4n) is 1.81. The van der Waals surface area contributed by atoms with E-state index >= 15 is 0 Å². The van der Waals surface area contributed by atoms with E-state index in [0.717, 1.165) is 19.4 Å². The second-order valence-electron chi connectivity index (χ2n) is 5.63. The zero-order chi connectivity index (χ0) is 16.0. The number of nitrogens with one attached hydrogen (secondary N) is 1. The largest absolute Gasteiger partial charge is 0.381 e. The molecule has 0 unspecified atom stereocenters. The highest BCUT2D eigenvalue weighted by Gasteiger charge is 2.20. The summed E-state index contributed by atoms with van der Waals surface area (Å²) in [6.45, 7) is 6.08. The van der Waals surface area contributed by atoms with E-state index in [4.69, 9.17) is 5.73 Å². The van der Waals surface area contributed by atoms with Crippen molar-refractivity contribution in [3.8, 4) is 0 Å². The smallest absolute Gasteiger partial charge is 0.283 e. The van der Waals surface area contributed by atoms with Gasteiger partial charge in [-0.05, 0) is 42.9 Å². The predicted molar refractivity (Wildman–Crippen MR) is 90.7 cm³/mol. The monoisotopic (exact) mass is 359 g/mol. The van der Waals surface area contributed by atoms with E-state index in [0.29, 0.717) is 23.2 Å². The molecule has 1 aromatic rings. The van der Waals surface area contributed by atoms with E-state index in [9.17, 15) is 4.79 Å². The van der Waals surface area contributed by atoms with Crippen LogP contribution in [0.1, 0.15) is 26.7 Å². The van der Waals surface area contributed by atoms with Gasteiger partial charge in [-0.15, -0.1) is 0 Å². The summed E-state index contributed by atoms with van der Waals surface area (Å²) in [5.74, 6) is 0. The van der Waals surface area contributed by atoms with Crippen molar-refractivity contribution in [3.63, 3.8) is 0 Å². The second-order valence-corrected chi connectivity index (χ2v) is 6.42. The standard InChI is InChI=1S/C14H26BrN5O/c1-5-14(16,6-2)10-17-11-9-18-20(8-7-19(3)4)13(21)12(11)15/h9,17H,5-8,10,16H2,1-4H3. The molecule has 3 N–H and O–H groups in total. The van der Waals surface area contributed by atoms with Crippen LogP contribution in [0.2, 0.25) is 0 Å². The van der Waals surface area contributed by atoms with Gasteiger partial charge in [0.1, 0.15) is 4.47 Å². The lowest BCUT2D eigenvalue weighted by molar-refractivity contribution is 0.367. The zero-order valence-electron chi connectivity index (χ0n) is 13.3. The van der Waals surface area contributed by atoms with Crippen molar-refractivity contribution < 1.29 is 0 Å². The first-order valence-corrected chi connectivity index (χ1v) is 8.05. The fourth-order valence-corrected chi connectivity index (χ4v) is 2.26. The number of halogens is 1. The summed E-state index contributed by atoms with van der Waals surface area (Å²) in [6, 6.07) is 0. The van der Waals surface area contributed by atoms with Crippen LogP contribution < -0.4 is 16.6 Å². The van der Waals surface area contributed by atoms with E-state index in [2.05, 4.69) is 40.2 Å². The summed E-state index contributed by atoms with van der Waals surface area (Å²) < 4.78 is 1.97. The second kappa shape index (κ2) is 7.91. The van der Waals surface area contributed by atoms with E-state index < -0.39 is 0 Å². The summed E-state index contributed by atoms with van der Waals surface area (Å²) in [7, 11) is 3.93. The third-order valence-electron chi connectivity index (χ3n) is 3.78. The Morgan fingerprint density at radius 2 is 2.05 bits per heavy atom. The topological polar surface area (TPSA) is 76.2 Å². The van der Waals surface area contributed by atoms with Crippen molar-refractivity contribution in [1.29, 1.82) is 0 Å². The lowest BCUT2D eigenvalue weighted by Gasteiger charge is -2.27. The molecule has 0 spiro atoms. The van der Waals surface area contributed by atoms with Crippen LogP contribution in [0.5, 0.6) is 0 Å². The van der Waals surface area contributed by atoms with E-state index in [-0.39, 0.29) is 11.1 Å². The van der Waals surface area contributed by atoms with E-state index in [1.165, 1.54) is 4.68 Å². The quantitative estimate of drug-likeness (QED) is 0.735. The average molecular weight is 360 g/mol. The van der Waals surface area contributed by atoms with Gasteiger partial charge in [-0.3, -0.25) is 4.79 Å². The number of nitrogens with two attached hydrogens (primary N) is 1. The minimum absolute atomic E-state index is 0.127. The third-order valence-corrected chi connectivity index (χ3v) is 4.55. The van der Waals surface area contributed by atoms with Gasteiger partial charge in [0.05, 0.1) is 18.4 Å². The molecule has 21 heavy (non-hydrogen) atoms. The molecule has 0 saturated heterocycles. The number of hydrogen-bond acceptors (Lipinski definition) is 5. The molecule has 0 fully saturated rings. The molecule has 0 amide bonds. The minimum Gasteiger partial charge on any atom is -0.381 e. The Hall–Kier alpha value is -0.920. The van der Waals surface area contributed by atoms with Crippen molar-refractivity contribution in [2.24, 2.45) is 5.73 Å². The molecule has 0 aliphatic carbocycles. The maximum Gasteiger partial charge on any atom is 0.283 e. The predicted octanol–water partition coefficient (Wildman–Crippen LogP) is 1.50. The first-order chi connectivity index (χ1) is 9.83. The molecular formula is C14H26BrN5O. The first kappa shape index (κ1) is 18.1. The molecule has 0 atom stereocenters. The summed E-state index contributed by atoms with van der Waals surface area (Å²) in [4.78, 5) is 14.2. The van der Waals surface area contributed by atoms with Crippen molar-refractivity contribution in [1.82, 2.24) is 14.7 Å². The van der Waals surface area contributed by atoms with Gasteiger partial charge in [0.25, 0.3) is 5.56 Å². The van der Waals surface area contributed by atoms with Crippen LogP contribution in [0.4, 0.5) is 5.69 Å². The van der Waals surface area contributed by atoms with Gasteiger partial charge in [-0.25, -0.2) is 4.68 Å². The van der Waals surface area contributed by atoms with Gasteiger partial charge >= 0.3 is 0 Å². The molecule has 0 aromatic carbocycles. The molecule has 6 nitrogen and oxygen atoms in total.